The molecule has 0 saturated carbocycles. The molecule has 0 radical (unpaired) electrons. The Balaban J connectivity index is 2.04. The maximum atomic E-state index is 11.2. The Kier molecular flexibility index (Phi) is 5.02. The number of rotatable bonds is 5. The normalized spacial score (nSPS) is 12.0. The number of amides is 1. The van der Waals surface area contributed by atoms with Gasteiger partial charge in [-0.05, 0) is 61.7 Å². The van der Waals surface area contributed by atoms with E-state index in [0.29, 0.717) is 11.6 Å². The summed E-state index contributed by atoms with van der Waals surface area (Å²) in [6, 6.07) is 14.1. The van der Waals surface area contributed by atoms with Crippen molar-refractivity contribution in [1.82, 2.24) is 0 Å². The molecule has 2 rings (SSSR count). The molecule has 0 aliphatic carbocycles. The molecule has 1 atom stereocenters. The Bertz CT molecular complexity index is 638. The Labute approximate surface area is 133 Å². The van der Waals surface area contributed by atoms with Crippen LogP contribution in [0.25, 0.3) is 0 Å². The predicted octanol–water partition coefficient (Wildman–Crippen LogP) is 3.90. The summed E-state index contributed by atoms with van der Waals surface area (Å²) >= 11 is 3.44. The van der Waals surface area contributed by atoms with E-state index in [1.807, 2.05) is 19.1 Å². The summed E-state index contributed by atoms with van der Waals surface area (Å²) < 4.78 is 1.09. The van der Waals surface area contributed by atoms with E-state index in [1.165, 1.54) is 5.56 Å². The van der Waals surface area contributed by atoms with Gasteiger partial charge in [0.2, 0.25) is 5.91 Å². The van der Waals surface area contributed by atoms with Gasteiger partial charge in [-0.15, -0.1) is 0 Å². The molecule has 0 fully saturated rings. The van der Waals surface area contributed by atoms with Crippen LogP contribution in [0.1, 0.15) is 28.4 Å². The van der Waals surface area contributed by atoms with Gasteiger partial charge in [-0.1, -0.05) is 28.1 Å². The smallest absolute Gasteiger partial charge is 0.248 e. The fourth-order valence-electron chi connectivity index (χ4n) is 2.27. The first-order valence-corrected chi connectivity index (χ1v) is 7.66. The summed E-state index contributed by atoms with van der Waals surface area (Å²) in [6.45, 7) is 4.12. The third-order valence-corrected chi connectivity index (χ3v) is 3.90. The first-order chi connectivity index (χ1) is 9.95. The summed E-state index contributed by atoms with van der Waals surface area (Å²) in [5.74, 6) is -0.396. The van der Waals surface area contributed by atoms with Crippen molar-refractivity contribution in [2.24, 2.45) is 5.73 Å². The minimum absolute atomic E-state index is 0.296. The van der Waals surface area contributed by atoms with E-state index in [-0.39, 0.29) is 0 Å². The standard InChI is InChI=1S/C17H19BrN2O/c1-11-9-14(17(19)21)5-8-16(11)20-12(2)10-13-3-6-15(18)7-4-13/h3-9,12,20H,10H2,1-2H3,(H2,19,21). The number of hydrogen-bond acceptors (Lipinski definition) is 2. The van der Waals surface area contributed by atoms with Crippen LogP contribution in [0.3, 0.4) is 0 Å². The lowest BCUT2D eigenvalue weighted by molar-refractivity contribution is 0.1000. The van der Waals surface area contributed by atoms with E-state index in [9.17, 15) is 4.79 Å². The van der Waals surface area contributed by atoms with Crippen LogP contribution < -0.4 is 11.1 Å². The second-order valence-electron chi connectivity index (χ2n) is 5.27. The second-order valence-corrected chi connectivity index (χ2v) is 6.19. The molecule has 0 aromatic heterocycles. The number of nitrogens with one attached hydrogen (secondary N) is 1. The van der Waals surface area contributed by atoms with E-state index in [1.54, 1.807) is 6.07 Å². The minimum Gasteiger partial charge on any atom is -0.382 e. The summed E-state index contributed by atoms with van der Waals surface area (Å²) in [4.78, 5) is 11.2. The average molecular weight is 347 g/mol. The molecule has 0 spiro atoms. The lowest BCUT2D eigenvalue weighted by atomic mass is 10.1. The zero-order valence-electron chi connectivity index (χ0n) is 12.2. The van der Waals surface area contributed by atoms with Crippen molar-refractivity contribution >= 4 is 27.5 Å². The predicted molar refractivity (Wildman–Crippen MR) is 90.6 cm³/mol. The van der Waals surface area contributed by atoms with Crippen LogP contribution in [0.15, 0.2) is 46.9 Å². The van der Waals surface area contributed by atoms with Gasteiger partial charge in [0.15, 0.2) is 0 Å². The Morgan fingerprint density at radius 3 is 2.48 bits per heavy atom. The Morgan fingerprint density at radius 2 is 1.90 bits per heavy atom. The van der Waals surface area contributed by atoms with Gasteiger partial charge < -0.3 is 11.1 Å². The molecule has 110 valence electrons. The van der Waals surface area contributed by atoms with Crippen molar-refractivity contribution in [3.05, 3.63) is 63.6 Å². The van der Waals surface area contributed by atoms with Crippen molar-refractivity contribution in [1.29, 1.82) is 0 Å². The fourth-order valence-corrected chi connectivity index (χ4v) is 2.53. The van der Waals surface area contributed by atoms with E-state index < -0.39 is 5.91 Å². The van der Waals surface area contributed by atoms with Gasteiger partial charge in [-0.3, -0.25) is 4.79 Å². The van der Waals surface area contributed by atoms with Crippen LogP contribution >= 0.6 is 15.9 Å². The number of hydrogen-bond donors (Lipinski definition) is 2. The lowest BCUT2D eigenvalue weighted by Crippen LogP contribution is -2.19. The molecule has 2 aromatic carbocycles. The Hall–Kier alpha value is -1.81. The van der Waals surface area contributed by atoms with Gasteiger partial charge in [0.05, 0.1) is 0 Å². The highest BCUT2D eigenvalue weighted by Gasteiger charge is 2.08. The van der Waals surface area contributed by atoms with Crippen molar-refractivity contribution in [2.45, 2.75) is 26.3 Å². The monoisotopic (exact) mass is 346 g/mol. The van der Waals surface area contributed by atoms with Crippen molar-refractivity contribution in [2.75, 3.05) is 5.32 Å². The summed E-state index contributed by atoms with van der Waals surface area (Å²) in [7, 11) is 0. The molecule has 4 heteroatoms. The zero-order chi connectivity index (χ0) is 15.4. The summed E-state index contributed by atoms with van der Waals surface area (Å²) in [5, 5.41) is 3.48. The molecule has 0 aliphatic heterocycles. The fraction of sp³-hybridized carbons (Fsp3) is 0.235. The number of anilines is 1. The second kappa shape index (κ2) is 6.76. The average Bonchev–Trinajstić information content (AvgIpc) is 2.43. The molecule has 0 aliphatic rings. The van der Waals surface area contributed by atoms with Gasteiger partial charge in [0, 0.05) is 21.8 Å². The molecule has 1 unspecified atom stereocenters. The molecule has 2 aromatic rings. The SMILES string of the molecule is Cc1cc(C(N)=O)ccc1NC(C)Cc1ccc(Br)cc1. The zero-order valence-corrected chi connectivity index (χ0v) is 13.8. The van der Waals surface area contributed by atoms with Gasteiger partial charge in [-0.25, -0.2) is 0 Å². The molecule has 3 N–H and O–H groups in total. The number of halogens is 1. The number of benzene rings is 2. The molecular weight excluding hydrogens is 328 g/mol. The van der Waals surface area contributed by atoms with Crippen LogP contribution in [-0.2, 0) is 6.42 Å². The van der Waals surface area contributed by atoms with Crippen molar-refractivity contribution in [3.63, 3.8) is 0 Å². The molecule has 3 nitrogen and oxygen atoms in total. The van der Waals surface area contributed by atoms with Gasteiger partial charge in [-0.2, -0.15) is 0 Å². The highest BCUT2D eigenvalue weighted by Crippen LogP contribution is 2.19. The van der Waals surface area contributed by atoms with Gasteiger partial charge in [0.25, 0.3) is 0 Å². The van der Waals surface area contributed by atoms with Crippen LogP contribution in [-0.4, -0.2) is 11.9 Å². The maximum Gasteiger partial charge on any atom is 0.248 e. The minimum atomic E-state index is -0.396. The van der Waals surface area contributed by atoms with Crippen LogP contribution in [0, 0.1) is 6.92 Å². The molecule has 0 heterocycles. The quantitative estimate of drug-likeness (QED) is 0.862. The molecule has 0 saturated heterocycles. The van der Waals surface area contributed by atoms with Crippen molar-refractivity contribution < 1.29 is 4.79 Å². The van der Waals surface area contributed by atoms with E-state index in [0.717, 1.165) is 22.1 Å². The third kappa shape index (κ3) is 4.33. The van der Waals surface area contributed by atoms with Gasteiger partial charge in [0.1, 0.15) is 0 Å². The number of primary amides is 1. The maximum absolute atomic E-state index is 11.2. The summed E-state index contributed by atoms with van der Waals surface area (Å²) in [5.41, 5.74) is 9.16. The van der Waals surface area contributed by atoms with E-state index in [4.69, 9.17) is 5.73 Å². The largest absolute Gasteiger partial charge is 0.382 e. The third-order valence-electron chi connectivity index (χ3n) is 3.37. The van der Waals surface area contributed by atoms with Crippen LogP contribution in [0.2, 0.25) is 0 Å². The first-order valence-electron chi connectivity index (χ1n) is 6.87. The first kappa shape index (κ1) is 15.6. The summed E-state index contributed by atoms with van der Waals surface area (Å²) in [6.07, 6.45) is 0.935. The van der Waals surface area contributed by atoms with E-state index in [2.05, 4.69) is 52.4 Å². The van der Waals surface area contributed by atoms with Crippen LogP contribution in [0.4, 0.5) is 5.69 Å². The van der Waals surface area contributed by atoms with Crippen molar-refractivity contribution in [3.8, 4) is 0 Å². The topological polar surface area (TPSA) is 55.1 Å². The molecule has 1 amide bonds. The molecule has 21 heavy (non-hydrogen) atoms. The van der Waals surface area contributed by atoms with Gasteiger partial charge >= 0.3 is 0 Å². The molecule has 0 bridgehead atoms. The highest BCUT2D eigenvalue weighted by atomic mass is 79.9. The number of carbonyl (C=O) groups is 1. The lowest BCUT2D eigenvalue weighted by Gasteiger charge is -2.17. The van der Waals surface area contributed by atoms with Crippen LogP contribution in [0.5, 0.6) is 0 Å². The molecular formula is C17H19BrN2O. The number of aryl methyl sites for hydroxylation is 1. The number of nitrogens with two attached hydrogens (primary N) is 1. The highest BCUT2D eigenvalue weighted by molar-refractivity contribution is 9.10. The van der Waals surface area contributed by atoms with E-state index >= 15 is 0 Å². The Morgan fingerprint density at radius 1 is 1.24 bits per heavy atom. The number of carbonyl (C=O) groups excluding carboxylic acids is 1.